The third kappa shape index (κ3) is 4.35. The van der Waals surface area contributed by atoms with Crippen LogP contribution in [0.15, 0.2) is 12.1 Å². The number of nitrogens with zero attached hydrogens (tertiary/aromatic N) is 1. The molecule has 0 aliphatic carbocycles. The van der Waals surface area contributed by atoms with Gasteiger partial charge in [0.1, 0.15) is 0 Å². The van der Waals surface area contributed by atoms with E-state index in [1.807, 2.05) is 6.07 Å². The molecular formula is C14H21NO3S. The summed E-state index contributed by atoms with van der Waals surface area (Å²) in [6.45, 7) is 4.23. The Morgan fingerprint density at radius 1 is 1.26 bits per heavy atom. The highest BCUT2D eigenvalue weighted by Crippen LogP contribution is 2.20. The summed E-state index contributed by atoms with van der Waals surface area (Å²) >= 11 is 1.46. The summed E-state index contributed by atoms with van der Waals surface area (Å²) in [6, 6.07) is 3.76. The molecule has 0 radical (unpaired) electrons. The molecule has 1 aromatic rings. The van der Waals surface area contributed by atoms with Crippen molar-refractivity contribution >= 4 is 23.3 Å². The Balaban J connectivity index is 2.69. The zero-order chi connectivity index (χ0) is 14.3. The number of hydrogen-bond donors (Lipinski definition) is 0. The monoisotopic (exact) mass is 283 g/mol. The fraction of sp³-hybridized carbons (Fsp3) is 0.571. The zero-order valence-corrected chi connectivity index (χ0v) is 12.6. The maximum absolute atomic E-state index is 12.2. The Bertz CT molecular complexity index is 428. The number of hydrogen-bond acceptors (Lipinski definition) is 4. The van der Waals surface area contributed by atoms with Crippen molar-refractivity contribution in [3.63, 3.8) is 0 Å². The molecule has 19 heavy (non-hydrogen) atoms. The summed E-state index contributed by atoms with van der Waals surface area (Å²) in [5.74, 6) is -0.277. The molecule has 4 nitrogen and oxygen atoms in total. The van der Waals surface area contributed by atoms with Gasteiger partial charge in [-0.2, -0.15) is 0 Å². The molecule has 0 spiro atoms. The van der Waals surface area contributed by atoms with Crippen molar-refractivity contribution in [2.45, 2.75) is 39.5 Å². The second-order valence-corrected chi connectivity index (χ2v) is 5.41. The first-order valence-electron chi connectivity index (χ1n) is 6.62. The fourth-order valence-corrected chi connectivity index (χ4v) is 2.77. The van der Waals surface area contributed by atoms with E-state index in [1.165, 1.54) is 36.2 Å². The van der Waals surface area contributed by atoms with Crippen LogP contribution >= 0.6 is 11.3 Å². The van der Waals surface area contributed by atoms with Crippen LogP contribution in [0.3, 0.4) is 0 Å². The number of thiophene rings is 1. The molecule has 5 heteroatoms. The van der Waals surface area contributed by atoms with Gasteiger partial charge < -0.3 is 4.74 Å². The van der Waals surface area contributed by atoms with E-state index >= 15 is 0 Å². The molecule has 0 unspecified atom stereocenters. The quantitative estimate of drug-likeness (QED) is 0.748. The standard InChI is InChI=1S/C14H21NO3S/c1-4-6-7-8-11-9-10-12(19-11)13(16)15(5-2)14(17)18-3/h9-10H,4-8H2,1-3H3. The fourth-order valence-electron chi connectivity index (χ4n) is 1.78. The van der Waals surface area contributed by atoms with Gasteiger partial charge in [-0.3, -0.25) is 4.79 Å². The van der Waals surface area contributed by atoms with Crippen LogP contribution in [-0.2, 0) is 11.2 Å². The van der Waals surface area contributed by atoms with Crippen molar-refractivity contribution in [2.24, 2.45) is 0 Å². The van der Waals surface area contributed by atoms with Crippen LogP contribution in [0.2, 0.25) is 0 Å². The smallest absolute Gasteiger partial charge is 0.416 e. The van der Waals surface area contributed by atoms with Gasteiger partial charge in [0.25, 0.3) is 5.91 Å². The number of amides is 2. The molecule has 0 fully saturated rings. The average molecular weight is 283 g/mol. The molecule has 1 rings (SSSR count). The van der Waals surface area contributed by atoms with E-state index in [0.717, 1.165) is 17.7 Å². The first-order chi connectivity index (χ1) is 9.13. The van der Waals surface area contributed by atoms with Crippen LogP contribution in [-0.4, -0.2) is 30.6 Å². The molecule has 106 valence electrons. The predicted octanol–water partition coefficient (Wildman–Crippen LogP) is 3.71. The molecule has 0 N–H and O–H groups in total. The molecule has 0 saturated heterocycles. The molecule has 1 heterocycles. The number of ether oxygens (including phenoxy) is 1. The van der Waals surface area contributed by atoms with E-state index < -0.39 is 6.09 Å². The molecule has 0 saturated carbocycles. The second kappa shape index (κ2) is 7.94. The molecule has 2 amide bonds. The highest BCUT2D eigenvalue weighted by atomic mass is 32.1. The van der Waals surface area contributed by atoms with E-state index in [4.69, 9.17) is 0 Å². The number of rotatable bonds is 6. The molecule has 1 aromatic heterocycles. The first kappa shape index (κ1) is 15.7. The molecular weight excluding hydrogens is 262 g/mol. The van der Waals surface area contributed by atoms with E-state index in [1.54, 1.807) is 13.0 Å². The Labute approximate surface area is 118 Å². The van der Waals surface area contributed by atoms with Gasteiger partial charge in [0.2, 0.25) is 0 Å². The van der Waals surface area contributed by atoms with Gasteiger partial charge in [-0.25, -0.2) is 9.69 Å². The van der Waals surface area contributed by atoms with E-state index in [2.05, 4.69) is 11.7 Å². The molecule has 0 aromatic carbocycles. The maximum Gasteiger partial charge on any atom is 0.416 e. The van der Waals surface area contributed by atoms with Crippen LogP contribution in [0.1, 0.15) is 47.7 Å². The molecule has 0 aliphatic rings. The normalized spacial score (nSPS) is 10.3. The zero-order valence-electron chi connectivity index (χ0n) is 11.8. The topological polar surface area (TPSA) is 46.6 Å². The Hall–Kier alpha value is -1.36. The molecule has 0 atom stereocenters. The Kier molecular flexibility index (Phi) is 6.56. The lowest BCUT2D eigenvalue weighted by Crippen LogP contribution is -2.36. The lowest BCUT2D eigenvalue weighted by molar-refractivity contribution is 0.0721. The largest absolute Gasteiger partial charge is 0.452 e. The minimum absolute atomic E-state index is 0.277. The van der Waals surface area contributed by atoms with Gasteiger partial charge in [-0.15, -0.1) is 11.3 Å². The first-order valence-corrected chi connectivity index (χ1v) is 7.44. The average Bonchev–Trinajstić information content (AvgIpc) is 2.88. The van der Waals surface area contributed by atoms with E-state index in [0.29, 0.717) is 11.4 Å². The van der Waals surface area contributed by atoms with Crippen LogP contribution in [0.4, 0.5) is 4.79 Å². The summed E-state index contributed by atoms with van der Waals surface area (Å²) in [4.78, 5) is 26.5. The minimum atomic E-state index is -0.603. The van der Waals surface area contributed by atoms with Gasteiger partial charge in [-0.1, -0.05) is 19.8 Å². The van der Waals surface area contributed by atoms with Crippen molar-refractivity contribution in [2.75, 3.05) is 13.7 Å². The number of carbonyl (C=O) groups is 2. The van der Waals surface area contributed by atoms with Gasteiger partial charge in [0.15, 0.2) is 0 Å². The van der Waals surface area contributed by atoms with Crippen LogP contribution in [0.5, 0.6) is 0 Å². The minimum Gasteiger partial charge on any atom is -0.452 e. The van der Waals surface area contributed by atoms with E-state index in [-0.39, 0.29) is 5.91 Å². The second-order valence-electron chi connectivity index (χ2n) is 4.24. The number of unbranched alkanes of at least 4 members (excludes halogenated alkanes) is 2. The summed E-state index contributed by atoms with van der Waals surface area (Å²) in [5, 5.41) is 0. The van der Waals surface area contributed by atoms with Crippen molar-refractivity contribution in [1.29, 1.82) is 0 Å². The van der Waals surface area contributed by atoms with Gasteiger partial charge in [0.05, 0.1) is 12.0 Å². The third-order valence-electron chi connectivity index (χ3n) is 2.86. The highest BCUT2D eigenvalue weighted by Gasteiger charge is 2.22. The Morgan fingerprint density at radius 2 is 2.00 bits per heavy atom. The van der Waals surface area contributed by atoms with Crippen molar-refractivity contribution in [3.05, 3.63) is 21.9 Å². The van der Waals surface area contributed by atoms with Crippen LogP contribution in [0.25, 0.3) is 0 Å². The van der Waals surface area contributed by atoms with Crippen molar-refractivity contribution in [1.82, 2.24) is 4.90 Å². The summed E-state index contributed by atoms with van der Waals surface area (Å²) in [5.41, 5.74) is 0. The van der Waals surface area contributed by atoms with Crippen molar-refractivity contribution in [3.8, 4) is 0 Å². The van der Waals surface area contributed by atoms with E-state index in [9.17, 15) is 9.59 Å². The Morgan fingerprint density at radius 3 is 2.58 bits per heavy atom. The van der Waals surface area contributed by atoms with Crippen molar-refractivity contribution < 1.29 is 14.3 Å². The predicted molar refractivity (Wildman–Crippen MR) is 76.7 cm³/mol. The van der Waals surface area contributed by atoms with Gasteiger partial charge >= 0.3 is 6.09 Å². The number of methoxy groups -OCH3 is 1. The number of carbonyl (C=O) groups excluding carboxylic acids is 2. The number of imide groups is 1. The summed E-state index contributed by atoms with van der Waals surface area (Å²) < 4.78 is 4.60. The highest BCUT2D eigenvalue weighted by molar-refractivity contribution is 7.14. The third-order valence-corrected chi connectivity index (χ3v) is 3.99. The molecule has 0 bridgehead atoms. The maximum atomic E-state index is 12.2. The van der Waals surface area contributed by atoms with Gasteiger partial charge in [-0.05, 0) is 31.9 Å². The van der Waals surface area contributed by atoms with Crippen LogP contribution < -0.4 is 0 Å². The summed E-state index contributed by atoms with van der Waals surface area (Å²) in [6.07, 6.45) is 3.91. The lowest BCUT2D eigenvalue weighted by Gasteiger charge is -2.15. The van der Waals surface area contributed by atoms with Gasteiger partial charge in [0, 0.05) is 11.4 Å². The lowest BCUT2D eigenvalue weighted by atomic mass is 10.2. The SMILES string of the molecule is CCCCCc1ccc(C(=O)N(CC)C(=O)OC)s1. The number of aryl methyl sites for hydroxylation is 1. The summed E-state index contributed by atoms with van der Waals surface area (Å²) in [7, 11) is 1.28. The molecule has 0 aliphatic heterocycles. The van der Waals surface area contributed by atoms with Crippen LogP contribution in [0, 0.1) is 0 Å².